The zero-order valence-electron chi connectivity index (χ0n) is 19.4. The number of rotatable bonds is 6. The van der Waals surface area contributed by atoms with Gasteiger partial charge in [0, 0.05) is 36.8 Å². The molecule has 0 N–H and O–H groups in total. The van der Waals surface area contributed by atoms with Crippen LogP contribution in [0.3, 0.4) is 0 Å². The number of carbonyl (C=O) groups is 3. The van der Waals surface area contributed by atoms with Crippen LogP contribution in [0.5, 0.6) is 0 Å². The highest BCUT2D eigenvalue weighted by Crippen LogP contribution is 2.29. The first-order valence-corrected chi connectivity index (χ1v) is 10.8. The van der Waals surface area contributed by atoms with Gasteiger partial charge in [0.25, 0.3) is 11.8 Å². The van der Waals surface area contributed by atoms with Crippen molar-refractivity contribution in [3.05, 3.63) is 79.1 Å². The summed E-state index contributed by atoms with van der Waals surface area (Å²) in [5.74, 6) is -0.817. The number of Topliss-reactive ketones (excluding diaryl/α,β-unsaturated/α-hetero) is 1. The van der Waals surface area contributed by atoms with Crippen molar-refractivity contribution in [2.24, 2.45) is 0 Å². The molecule has 3 rings (SSSR count). The van der Waals surface area contributed by atoms with E-state index in [1.807, 2.05) is 20.8 Å². The molecule has 2 aliphatic heterocycles. The van der Waals surface area contributed by atoms with Crippen LogP contribution in [-0.4, -0.2) is 65.8 Å². The van der Waals surface area contributed by atoms with Gasteiger partial charge in [0.15, 0.2) is 0 Å². The van der Waals surface area contributed by atoms with Crippen molar-refractivity contribution in [1.82, 2.24) is 9.80 Å². The summed E-state index contributed by atoms with van der Waals surface area (Å²) < 4.78 is 11.5. The number of amides is 2. The lowest BCUT2D eigenvalue weighted by Crippen LogP contribution is -2.57. The highest BCUT2D eigenvalue weighted by atomic mass is 16.7. The summed E-state index contributed by atoms with van der Waals surface area (Å²) in [7, 11) is -0.603. The minimum Gasteiger partial charge on any atom is -0.534 e. The molecule has 0 bridgehead atoms. The van der Waals surface area contributed by atoms with Gasteiger partial charge in [-0.05, 0) is 26.2 Å². The normalized spacial score (nSPS) is 20.3. The molecule has 172 valence electrons. The molecule has 1 aromatic carbocycles. The van der Waals surface area contributed by atoms with Gasteiger partial charge >= 0.3 is 7.12 Å². The summed E-state index contributed by atoms with van der Waals surface area (Å²) in [5, 5.41) is 0. The zero-order chi connectivity index (χ0) is 24.3. The molecule has 2 heterocycles. The summed E-state index contributed by atoms with van der Waals surface area (Å²) in [6, 6.07) is 6.31. The molecule has 2 fully saturated rings. The fraction of sp³-hybridized carbons (Fsp3) is 0.320. The van der Waals surface area contributed by atoms with Gasteiger partial charge in [0.05, 0.1) is 5.76 Å². The van der Waals surface area contributed by atoms with Crippen molar-refractivity contribution >= 4 is 30.2 Å². The van der Waals surface area contributed by atoms with Gasteiger partial charge in [-0.15, -0.1) is 0 Å². The van der Waals surface area contributed by atoms with E-state index in [0.717, 1.165) is 5.46 Å². The van der Waals surface area contributed by atoms with E-state index in [-0.39, 0.29) is 24.1 Å². The van der Waals surface area contributed by atoms with Crippen molar-refractivity contribution in [2.45, 2.75) is 32.4 Å². The molecule has 0 radical (unpaired) electrons. The van der Waals surface area contributed by atoms with E-state index in [9.17, 15) is 14.4 Å². The largest absolute Gasteiger partial charge is 0.563 e. The standard InChI is InChI=1S/C25H29BN2O5/c1-7-9-19(8-2)23(30)27-14-15-28(17(3)16-27)24(31)22(29)20-10-12-21(13-11-20)26-32-18(4)25(5,6)33-26/h7-13,17H,1-2,4,14-16H2,3,5-6H3/b19-9+/t17-/m1/s1. The van der Waals surface area contributed by atoms with Crippen LogP contribution in [0.15, 0.2) is 73.6 Å². The Kier molecular flexibility index (Phi) is 7.08. The third-order valence-corrected chi connectivity index (χ3v) is 5.90. The first kappa shape index (κ1) is 24.3. The van der Waals surface area contributed by atoms with Crippen molar-refractivity contribution in [2.75, 3.05) is 19.6 Å². The van der Waals surface area contributed by atoms with Gasteiger partial charge in [0.2, 0.25) is 5.78 Å². The second kappa shape index (κ2) is 9.62. The molecule has 2 saturated heterocycles. The van der Waals surface area contributed by atoms with E-state index in [1.54, 1.807) is 35.2 Å². The molecule has 0 aliphatic carbocycles. The van der Waals surface area contributed by atoms with Crippen LogP contribution < -0.4 is 5.46 Å². The number of piperazine rings is 1. The van der Waals surface area contributed by atoms with E-state index in [1.165, 1.54) is 17.1 Å². The minimum absolute atomic E-state index is 0.173. The van der Waals surface area contributed by atoms with Gasteiger partial charge in [-0.3, -0.25) is 14.4 Å². The molecule has 1 atom stereocenters. The molecule has 0 saturated carbocycles. The Morgan fingerprint density at radius 1 is 1.12 bits per heavy atom. The monoisotopic (exact) mass is 448 g/mol. The Bertz CT molecular complexity index is 1030. The number of nitrogens with zero attached hydrogens (tertiary/aromatic N) is 2. The SMILES string of the molecule is C=C/C=C(\C=C)C(=O)N1CCN(C(=O)C(=O)c2ccc(B3OC(=C)C(C)(C)O3)cc2)[C@H](C)C1. The maximum absolute atomic E-state index is 12.9. The number of hydrogen-bond donors (Lipinski definition) is 0. The lowest BCUT2D eigenvalue weighted by Gasteiger charge is -2.39. The van der Waals surface area contributed by atoms with Gasteiger partial charge < -0.3 is 19.1 Å². The number of benzene rings is 1. The van der Waals surface area contributed by atoms with Crippen LogP contribution in [0, 0.1) is 0 Å². The summed E-state index contributed by atoms with van der Waals surface area (Å²) >= 11 is 0. The summed E-state index contributed by atoms with van der Waals surface area (Å²) in [5.41, 5.74) is 0.864. The maximum Gasteiger partial charge on any atom is 0.563 e. The molecule has 1 aromatic rings. The van der Waals surface area contributed by atoms with E-state index in [4.69, 9.17) is 9.31 Å². The zero-order valence-corrected chi connectivity index (χ0v) is 19.4. The highest BCUT2D eigenvalue weighted by molar-refractivity contribution is 6.62. The molecule has 2 aliphatic rings. The van der Waals surface area contributed by atoms with Gasteiger partial charge in [0.1, 0.15) is 5.60 Å². The van der Waals surface area contributed by atoms with Crippen LogP contribution in [-0.2, 0) is 18.9 Å². The van der Waals surface area contributed by atoms with E-state index >= 15 is 0 Å². The van der Waals surface area contributed by atoms with E-state index in [2.05, 4.69) is 19.7 Å². The lowest BCUT2D eigenvalue weighted by molar-refractivity contribution is -0.137. The fourth-order valence-corrected chi connectivity index (χ4v) is 3.79. The van der Waals surface area contributed by atoms with E-state index < -0.39 is 24.4 Å². The maximum atomic E-state index is 12.9. The third kappa shape index (κ3) is 5.01. The second-order valence-corrected chi connectivity index (χ2v) is 8.61. The molecule has 2 amide bonds. The average Bonchev–Trinajstić information content (AvgIpc) is 3.08. The van der Waals surface area contributed by atoms with Crippen molar-refractivity contribution in [3.8, 4) is 0 Å². The Hall–Kier alpha value is -3.39. The topological polar surface area (TPSA) is 76.2 Å². The lowest BCUT2D eigenvalue weighted by atomic mass is 9.79. The molecule has 8 heteroatoms. The predicted octanol–water partition coefficient (Wildman–Crippen LogP) is 2.26. The number of carbonyl (C=O) groups excluding carboxylic acids is 3. The number of ketones is 1. The molecular formula is C25H29BN2O5. The molecular weight excluding hydrogens is 419 g/mol. The number of allylic oxidation sites excluding steroid dienone is 2. The highest BCUT2D eigenvalue weighted by Gasteiger charge is 2.43. The Morgan fingerprint density at radius 2 is 1.79 bits per heavy atom. The Labute approximate surface area is 195 Å². The average molecular weight is 448 g/mol. The molecule has 0 unspecified atom stereocenters. The number of hydrogen-bond acceptors (Lipinski definition) is 5. The van der Waals surface area contributed by atoms with Gasteiger partial charge in [-0.25, -0.2) is 0 Å². The van der Waals surface area contributed by atoms with Gasteiger partial charge in [-0.2, -0.15) is 0 Å². The summed E-state index contributed by atoms with van der Waals surface area (Å²) in [6.07, 6.45) is 4.62. The van der Waals surface area contributed by atoms with E-state index in [0.29, 0.717) is 24.4 Å². The molecule has 0 aromatic heterocycles. The first-order chi connectivity index (χ1) is 15.6. The molecule has 0 spiro atoms. The van der Waals surface area contributed by atoms with Crippen molar-refractivity contribution in [3.63, 3.8) is 0 Å². The van der Waals surface area contributed by atoms with Crippen molar-refractivity contribution < 1.29 is 23.7 Å². The minimum atomic E-state index is -0.603. The smallest absolute Gasteiger partial charge is 0.534 e. The summed E-state index contributed by atoms with van der Waals surface area (Å²) in [6.45, 7) is 17.6. The second-order valence-electron chi connectivity index (χ2n) is 8.61. The van der Waals surface area contributed by atoms with Crippen LogP contribution in [0.4, 0.5) is 0 Å². The van der Waals surface area contributed by atoms with Crippen molar-refractivity contribution in [1.29, 1.82) is 0 Å². The van der Waals surface area contributed by atoms with Crippen LogP contribution in [0.25, 0.3) is 0 Å². The fourth-order valence-electron chi connectivity index (χ4n) is 3.79. The quantitative estimate of drug-likeness (QED) is 0.220. The van der Waals surface area contributed by atoms with Crippen LogP contribution >= 0.6 is 0 Å². The molecule has 7 nitrogen and oxygen atoms in total. The molecule has 33 heavy (non-hydrogen) atoms. The Morgan fingerprint density at radius 3 is 2.30 bits per heavy atom. The van der Waals surface area contributed by atoms with Crippen LogP contribution in [0.2, 0.25) is 0 Å². The van der Waals surface area contributed by atoms with Crippen LogP contribution in [0.1, 0.15) is 31.1 Å². The Balaban J connectivity index is 1.65. The summed E-state index contributed by atoms with van der Waals surface area (Å²) in [4.78, 5) is 41.6. The van der Waals surface area contributed by atoms with Gasteiger partial charge in [-0.1, -0.05) is 62.2 Å². The first-order valence-electron chi connectivity index (χ1n) is 10.8. The third-order valence-electron chi connectivity index (χ3n) is 5.90. The predicted molar refractivity (Wildman–Crippen MR) is 128 cm³/mol.